The molecule has 1 aromatic carbocycles. The predicted octanol–water partition coefficient (Wildman–Crippen LogP) is 5.23. The van der Waals surface area contributed by atoms with Gasteiger partial charge in [0.05, 0.1) is 41.5 Å². The van der Waals surface area contributed by atoms with Crippen molar-refractivity contribution in [3.05, 3.63) is 76.1 Å². The molecule has 0 bridgehead atoms. The lowest BCUT2D eigenvalue weighted by Gasteiger charge is -2.34. The molecule has 2 atom stereocenters. The number of methoxy groups -OCH3 is 1. The summed E-state index contributed by atoms with van der Waals surface area (Å²) in [5.41, 5.74) is 0.427. The third-order valence-corrected chi connectivity index (χ3v) is 8.53. The fourth-order valence-corrected chi connectivity index (χ4v) is 6.31. The smallest absolute Gasteiger partial charge is 0.383 e. The summed E-state index contributed by atoms with van der Waals surface area (Å²) < 4.78 is 52.5. The Morgan fingerprint density at radius 2 is 1.98 bits per heavy atom. The zero-order valence-electron chi connectivity index (χ0n) is 22.6. The molecule has 11 heteroatoms. The number of likely N-dealkylation sites (N-methyl/N-ethyl adjacent to an activating group) is 1. The summed E-state index contributed by atoms with van der Waals surface area (Å²) in [6.07, 6.45) is 5.94. The van der Waals surface area contributed by atoms with Gasteiger partial charge in [-0.2, -0.15) is 13.2 Å². The van der Waals surface area contributed by atoms with Crippen LogP contribution in [0, 0.1) is 12.1 Å². The van der Waals surface area contributed by atoms with Gasteiger partial charge < -0.3 is 4.74 Å². The summed E-state index contributed by atoms with van der Waals surface area (Å²) in [6.45, 7) is 1.63. The van der Waals surface area contributed by atoms with Gasteiger partial charge in [-0.05, 0) is 72.6 Å². The minimum atomic E-state index is -4.61. The lowest BCUT2D eigenvalue weighted by atomic mass is 9.71. The molecule has 8 nitrogen and oxygen atoms in total. The first kappa shape index (κ1) is 26.9. The second kappa shape index (κ2) is 10.6. The number of hydrogen-bond donors (Lipinski definition) is 0. The Balaban J connectivity index is 1.40. The van der Waals surface area contributed by atoms with Crippen molar-refractivity contribution >= 4 is 11.9 Å². The van der Waals surface area contributed by atoms with Gasteiger partial charge in [-0.25, -0.2) is 9.37 Å². The highest BCUT2D eigenvalue weighted by Crippen LogP contribution is 2.46. The Labute approximate surface area is 230 Å². The first-order chi connectivity index (χ1) is 19.2. The van der Waals surface area contributed by atoms with Crippen molar-refractivity contribution in [3.8, 4) is 5.69 Å². The molecule has 2 aromatic heterocycles. The molecule has 2 fully saturated rings. The van der Waals surface area contributed by atoms with Crippen LogP contribution < -0.4 is 5.69 Å². The molecule has 0 unspecified atom stereocenters. The SMILES string of the molecule is COC[C@@H]1CCCN1Cc1cc(C(F)(F)F)c2cn(-c3cccc([C@@H]([C]4N=NC=[N+]4C)C4CCC4)c3)c(=O)n2c1. The van der Waals surface area contributed by atoms with E-state index in [4.69, 9.17) is 4.74 Å². The number of hydrogen-bond acceptors (Lipinski definition) is 5. The van der Waals surface area contributed by atoms with E-state index in [1.807, 2.05) is 29.8 Å². The first-order valence-electron chi connectivity index (χ1n) is 13.8. The second-order valence-corrected chi connectivity index (χ2v) is 11.1. The van der Waals surface area contributed by atoms with E-state index in [1.54, 1.807) is 25.7 Å². The predicted molar refractivity (Wildman–Crippen MR) is 144 cm³/mol. The van der Waals surface area contributed by atoms with Gasteiger partial charge in [-0.15, -0.1) is 0 Å². The molecule has 0 N–H and O–H groups in total. The maximum Gasteiger partial charge on any atom is 0.418 e. The van der Waals surface area contributed by atoms with Crippen molar-refractivity contribution in [3.63, 3.8) is 0 Å². The van der Waals surface area contributed by atoms with E-state index in [-0.39, 0.29) is 17.5 Å². The highest BCUT2D eigenvalue weighted by atomic mass is 19.4. The lowest BCUT2D eigenvalue weighted by molar-refractivity contribution is -0.480. The molecule has 3 aliphatic rings. The van der Waals surface area contributed by atoms with Crippen LogP contribution in [0.5, 0.6) is 0 Å². The average Bonchev–Trinajstić information content (AvgIpc) is 3.60. The Morgan fingerprint density at radius 1 is 1.15 bits per heavy atom. The van der Waals surface area contributed by atoms with Crippen LogP contribution in [-0.4, -0.2) is 58.1 Å². The number of fused-ring (bicyclic) bond motifs is 1. The van der Waals surface area contributed by atoms with Gasteiger partial charge in [0.2, 0.25) is 0 Å². The molecular formula is C29H33F3N6O2+. The standard InChI is InChI=1S/C29H33F3N6O2/c1-35-18-33-34-27(35)26(20-6-3-7-20)21-8-4-9-22(13-21)37-16-25-24(29(30,31)32)12-19(15-38(25)28(37)39)14-36-11-5-10-23(36)17-40-2/h4,8-9,12-13,15-16,18,20,23,26H,3,5-7,10-11,14,17H2,1-2H3/q+1/t23-,26-/m0/s1. The lowest BCUT2D eigenvalue weighted by Crippen LogP contribution is -2.32. The topological polar surface area (TPSA) is 66.6 Å². The quantitative estimate of drug-likeness (QED) is 0.358. The van der Waals surface area contributed by atoms with Gasteiger partial charge in [0.15, 0.2) is 0 Å². The minimum Gasteiger partial charge on any atom is -0.383 e. The highest BCUT2D eigenvalue weighted by molar-refractivity contribution is 5.58. The molecule has 4 heterocycles. The van der Waals surface area contributed by atoms with Crippen LogP contribution in [-0.2, 0) is 17.5 Å². The minimum absolute atomic E-state index is 0.00761. The molecule has 1 radical (unpaired) electrons. The Morgan fingerprint density at radius 3 is 2.65 bits per heavy atom. The summed E-state index contributed by atoms with van der Waals surface area (Å²) >= 11 is 0. The Bertz CT molecular complexity index is 1520. The van der Waals surface area contributed by atoms with Crippen molar-refractivity contribution in [1.82, 2.24) is 13.9 Å². The van der Waals surface area contributed by atoms with E-state index in [1.165, 1.54) is 16.8 Å². The van der Waals surface area contributed by atoms with Gasteiger partial charge in [0.25, 0.3) is 0 Å². The molecule has 1 aliphatic carbocycles. The van der Waals surface area contributed by atoms with Crippen LogP contribution in [0.25, 0.3) is 11.2 Å². The van der Waals surface area contributed by atoms with E-state index in [0.717, 1.165) is 54.8 Å². The normalized spacial score (nSPS) is 21.3. The van der Waals surface area contributed by atoms with Crippen molar-refractivity contribution in [1.29, 1.82) is 0 Å². The number of rotatable bonds is 8. The van der Waals surface area contributed by atoms with Crippen LogP contribution in [0.4, 0.5) is 13.2 Å². The highest BCUT2D eigenvalue weighted by Gasteiger charge is 2.42. The number of pyridine rings is 1. The monoisotopic (exact) mass is 554 g/mol. The van der Waals surface area contributed by atoms with Gasteiger partial charge in [-0.1, -0.05) is 18.6 Å². The maximum atomic E-state index is 14.3. The van der Waals surface area contributed by atoms with E-state index < -0.39 is 17.4 Å². The summed E-state index contributed by atoms with van der Waals surface area (Å²) in [7, 11) is 3.54. The van der Waals surface area contributed by atoms with E-state index >= 15 is 0 Å². The number of likely N-dealkylation sites (tertiary alicyclic amines) is 1. The molecule has 211 valence electrons. The van der Waals surface area contributed by atoms with E-state index in [0.29, 0.717) is 30.3 Å². The summed E-state index contributed by atoms with van der Waals surface area (Å²) in [5.74, 6) is 0.390. The molecule has 40 heavy (non-hydrogen) atoms. The van der Waals surface area contributed by atoms with Crippen LogP contribution >= 0.6 is 0 Å². The summed E-state index contributed by atoms with van der Waals surface area (Å²) in [5, 5.41) is 8.42. The van der Waals surface area contributed by atoms with Crippen molar-refractivity contribution in [2.45, 2.75) is 56.8 Å². The number of nitrogens with zero attached hydrogens (tertiary/aromatic N) is 6. The molecule has 2 aliphatic heterocycles. The fourth-order valence-electron chi connectivity index (χ4n) is 6.31. The van der Waals surface area contributed by atoms with Gasteiger partial charge in [0, 0.05) is 32.1 Å². The second-order valence-electron chi connectivity index (χ2n) is 11.1. The van der Waals surface area contributed by atoms with Crippen molar-refractivity contribution in [2.24, 2.45) is 16.1 Å². The van der Waals surface area contributed by atoms with Gasteiger partial charge in [0.1, 0.15) is 0 Å². The fraction of sp³-hybridized carbons (Fsp3) is 0.483. The number of benzene rings is 1. The largest absolute Gasteiger partial charge is 0.418 e. The molecule has 0 amide bonds. The molecule has 1 saturated carbocycles. The van der Waals surface area contributed by atoms with Gasteiger partial charge >= 0.3 is 24.4 Å². The molecule has 6 rings (SSSR count). The zero-order chi connectivity index (χ0) is 28.0. The van der Waals surface area contributed by atoms with Crippen LogP contribution in [0.15, 0.2) is 57.7 Å². The summed E-state index contributed by atoms with van der Waals surface area (Å²) in [4.78, 5) is 15.8. The first-order valence-corrected chi connectivity index (χ1v) is 13.8. The third-order valence-electron chi connectivity index (χ3n) is 8.53. The van der Waals surface area contributed by atoms with E-state index in [9.17, 15) is 18.0 Å². The number of alkyl halides is 3. The Hall–Kier alpha value is -3.31. The maximum absolute atomic E-state index is 14.3. The number of azo groups is 1. The number of aromatic nitrogens is 2. The number of imidazole rings is 1. The van der Waals surface area contributed by atoms with Crippen LogP contribution in [0.2, 0.25) is 0 Å². The average molecular weight is 555 g/mol. The van der Waals surface area contributed by atoms with Crippen molar-refractivity contribution < 1.29 is 22.5 Å². The number of ether oxygens (including phenoxy) is 1. The van der Waals surface area contributed by atoms with Crippen LogP contribution in [0.1, 0.15) is 54.7 Å². The van der Waals surface area contributed by atoms with Crippen molar-refractivity contribution in [2.75, 3.05) is 27.3 Å². The molecule has 0 spiro atoms. The summed E-state index contributed by atoms with van der Waals surface area (Å²) in [6, 6.07) is 8.82. The Kier molecular flexibility index (Phi) is 7.12. The van der Waals surface area contributed by atoms with Gasteiger partial charge in [-0.3, -0.25) is 13.9 Å². The third kappa shape index (κ3) is 4.89. The molecule has 1 saturated heterocycles. The molecule has 3 aromatic rings. The molecular weight excluding hydrogens is 521 g/mol. The number of halogens is 3. The van der Waals surface area contributed by atoms with Crippen LogP contribution in [0.3, 0.4) is 0 Å². The zero-order valence-corrected chi connectivity index (χ0v) is 22.6. The van der Waals surface area contributed by atoms with E-state index in [2.05, 4.69) is 15.1 Å².